The van der Waals surface area contributed by atoms with E-state index in [1.165, 1.54) is 19.1 Å². The van der Waals surface area contributed by atoms with Crippen LogP contribution < -0.4 is 0 Å². The van der Waals surface area contributed by atoms with Crippen LogP contribution in [-0.2, 0) is 9.59 Å². The summed E-state index contributed by atoms with van der Waals surface area (Å²) in [6.07, 6.45) is -5.12. The van der Waals surface area contributed by atoms with Crippen molar-refractivity contribution in [3.05, 3.63) is 34.3 Å². The largest absolute Gasteiger partial charge is 0.480 e. The minimum absolute atomic E-state index is 0.282. The third-order valence-corrected chi connectivity index (χ3v) is 3.10. The molecule has 1 atom stereocenters. The summed E-state index contributed by atoms with van der Waals surface area (Å²) in [5.74, 6) is -3.68. The van der Waals surface area contributed by atoms with Gasteiger partial charge in [0, 0.05) is 4.47 Å². The van der Waals surface area contributed by atoms with Crippen molar-refractivity contribution in [2.75, 3.05) is 6.54 Å². The number of nitrogens with zero attached hydrogens (tertiary/aromatic N) is 1. The first-order chi connectivity index (χ1) is 9.12. The fourth-order valence-electron chi connectivity index (χ4n) is 1.64. The smallest absolute Gasteiger partial charge is 0.471 e. The molecule has 1 rings (SSSR count). The first kappa shape index (κ1) is 16.5. The average Bonchev–Trinajstić information content (AvgIpc) is 2.33. The molecule has 110 valence electrons. The van der Waals surface area contributed by atoms with Gasteiger partial charge >= 0.3 is 18.1 Å². The van der Waals surface area contributed by atoms with Gasteiger partial charge in [0.25, 0.3) is 0 Å². The lowest BCUT2D eigenvalue weighted by Crippen LogP contribution is -2.45. The van der Waals surface area contributed by atoms with E-state index in [-0.39, 0.29) is 4.90 Å². The Labute approximate surface area is 121 Å². The summed E-state index contributed by atoms with van der Waals surface area (Å²) in [6, 6.07) is 5.30. The molecule has 0 radical (unpaired) electrons. The zero-order valence-corrected chi connectivity index (χ0v) is 11.9. The molecule has 0 aliphatic heterocycles. The topological polar surface area (TPSA) is 57.6 Å². The number of carbonyl (C=O) groups is 2. The third-order valence-electron chi connectivity index (χ3n) is 2.61. The van der Waals surface area contributed by atoms with Gasteiger partial charge in [0.05, 0.1) is 6.04 Å². The Bertz CT molecular complexity index is 519. The summed E-state index contributed by atoms with van der Waals surface area (Å²) in [5, 5.41) is 8.68. The maximum atomic E-state index is 12.5. The zero-order chi connectivity index (χ0) is 15.5. The highest BCUT2D eigenvalue weighted by Crippen LogP contribution is 2.27. The predicted molar refractivity (Wildman–Crippen MR) is 68.0 cm³/mol. The quantitative estimate of drug-likeness (QED) is 0.905. The molecule has 1 aromatic carbocycles. The number of alkyl halides is 3. The van der Waals surface area contributed by atoms with Crippen LogP contribution in [0.1, 0.15) is 18.5 Å². The summed E-state index contributed by atoms with van der Waals surface area (Å²) in [6.45, 7) is 0.320. The van der Waals surface area contributed by atoms with Gasteiger partial charge in [0.1, 0.15) is 6.54 Å². The van der Waals surface area contributed by atoms with E-state index < -0.39 is 30.6 Å². The molecule has 4 nitrogen and oxygen atoms in total. The molecular formula is C12H11BrF3NO3. The van der Waals surface area contributed by atoms with E-state index in [0.717, 1.165) is 0 Å². The molecule has 1 aromatic rings. The molecule has 1 N–H and O–H groups in total. The Morgan fingerprint density at radius 2 is 2.00 bits per heavy atom. The van der Waals surface area contributed by atoms with E-state index in [2.05, 4.69) is 15.9 Å². The molecule has 0 aromatic heterocycles. The summed E-state index contributed by atoms with van der Waals surface area (Å²) in [5.41, 5.74) is 0.401. The molecule has 0 spiro atoms. The van der Waals surface area contributed by atoms with Gasteiger partial charge < -0.3 is 10.0 Å². The standard InChI is InChI=1S/C12H11BrF3NO3/c1-7(8-3-2-4-9(13)5-8)17(6-10(18)19)11(20)12(14,15)16/h2-5,7H,6H2,1H3,(H,18,19). The van der Waals surface area contributed by atoms with Crippen LogP contribution in [0.3, 0.4) is 0 Å². The second-order valence-corrected chi connectivity index (χ2v) is 4.97. The van der Waals surface area contributed by atoms with Crippen molar-refractivity contribution >= 4 is 27.8 Å². The minimum atomic E-state index is -5.12. The molecule has 20 heavy (non-hydrogen) atoms. The molecule has 0 fully saturated rings. The van der Waals surface area contributed by atoms with Gasteiger partial charge in [-0.2, -0.15) is 13.2 Å². The number of hydrogen-bond donors (Lipinski definition) is 1. The van der Waals surface area contributed by atoms with Gasteiger partial charge in [0.15, 0.2) is 0 Å². The number of hydrogen-bond acceptors (Lipinski definition) is 2. The van der Waals surface area contributed by atoms with E-state index in [1.54, 1.807) is 12.1 Å². The Balaban J connectivity index is 3.10. The Hall–Kier alpha value is -1.57. The summed E-state index contributed by atoms with van der Waals surface area (Å²) < 4.78 is 38.2. The second-order valence-electron chi connectivity index (χ2n) is 4.06. The van der Waals surface area contributed by atoms with Gasteiger partial charge in [-0.3, -0.25) is 9.59 Å². The number of rotatable bonds is 4. The summed E-state index contributed by atoms with van der Waals surface area (Å²) in [7, 11) is 0. The van der Waals surface area contributed by atoms with Crippen LogP contribution in [0.5, 0.6) is 0 Å². The van der Waals surface area contributed by atoms with Gasteiger partial charge in [0.2, 0.25) is 0 Å². The number of carboxylic acid groups (broad SMARTS) is 1. The van der Waals surface area contributed by atoms with Crippen LogP contribution in [-0.4, -0.2) is 34.6 Å². The van der Waals surface area contributed by atoms with E-state index in [4.69, 9.17) is 5.11 Å². The molecule has 0 heterocycles. The highest BCUT2D eigenvalue weighted by Gasteiger charge is 2.44. The maximum absolute atomic E-state index is 12.5. The van der Waals surface area contributed by atoms with Gasteiger partial charge in [-0.25, -0.2) is 0 Å². The van der Waals surface area contributed by atoms with Crippen molar-refractivity contribution in [1.29, 1.82) is 0 Å². The molecule has 0 aliphatic rings. The third kappa shape index (κ3) is 4.22. The van der Waals surface area contributed by atoms with Crippen LogP contribution in [0.2, 0.25) is 0 Å². The van der Waals surface area contributed by atoms with Crippen LogP contribution in [0.4, 0.5) is 13.2 Å². The van der Waals surface area contributed by atoms with Crippen LogP contribution in [0.15, 0.2) is 28.7 Å². The number of carboxylic acids is 1. The van der Waals surface area contributed by atoms with Gasteiger partial charge in [-0.05, 0) is 24.6 Å². The molecule has 0 aliphatic carbocycles. The van der Waals surface area contributed by atoms with Crippen molar-refractivity contribution in [1.82, 2.24) is 4.90 Å². The van der Waals surface area contributed by atoms with E-state index in [1.807, 2.05) is 0 Å². The van der Waals surface area contributed by atoms with E-state index >= 15 is 0 Å². The molecular weight excluding hydrogens is 343 g/mol. The molecule has 1 unspecified atom stereocenters. The van der Waals surface area contributed by atoms with Crippen LogP contribution >= 0.6 is 15.9 Å². The van der Waals surface area contributed by atoms with Gasteiger partial charge in [-0.15, -0.1) is 0 Å². The first-order valence-corrected chi connectivity index (χ1v) is 6.27. The zero-order valence-electron chi connectivity index (χ0n) is 10.3. The molecule has 0 saturated carbocycles. The highest BCUT2D eigenvalue weighted by molar-refractivity contribution is 9.10. The fraction of sp³-hybridized carbons (Fsp3) is 0.333. The fourth-order valence-corrected chi connectivity index (χ4v) is 2.06. The Morgan fingerprint density at radius 1 is 1.40 bits per heavy atom. The summed E-state index contributed by atoms with van der Waals surface area (Å²) in [4.78, 5) is 22.3. The maximum Gasteiger partial charge on any atom is 0.471 e. The SMILES string of the molecule is CC(c1cccc(Br)c1)N(CC(=O)O)C(=O)C(F)(F)F. The lowest BCUT2D eigenvalue weighted by molar-refractivity contribution is -0.189. The Morgan fingerprint density at radius 3 is 2.45 bits per heavy atom. The minimum Gasteiger partial charge on any atom is -0.480 e. The van der Waals surface area contributed by atoms with Crippen molar-refractivity contribution < 1.29 is 27.9 Å². The normalized spacial score (nSPS) is 12.8. The lowest BCUT2D eigenvalue weighted by Gasteiger charge is -2.28. The van der Waals surface area contributed by atoms with Crippen molar-refractivity contribution in [3.63, 3.8) is 0 Å². The monoisotopic (exact) mass is 353 g/mol. The van der Waals surface area contributed by atoms with E-state index in [9.17, 15) is 22.8 Å². The number of carbonyl (C=O) groups excluding carboxylic acids is 1. The number of halogens is 4. The summed E-state index contributed by atoms with van der Waals surface area (Å²) >= 11 is 3.16. The lowest BCUT2D eigenvalue weighted by atomic mass is 10.1. The molecule has 0 saturated heterocycles. The van der Waals surface area contributed by atoms with Crippen LogP contribution in [0.25, 0.3) is 0 Å². The highest BCUT2D eigenvalue weighted by atomic mass is 79.9. The molecule has 8 heteroatoms. The van der Waals surface area contributed by atoms with Crippen molar-refractivity contribution in [2.24, 2.45) is 0 Å². The van der Waals surface area contributed by atoms with Gasteiger partial charge in [-0.1, -0.05) is 28.1 Å². The second kappa shape index (κ2) is 6.25. The van der Waals surface area contributed by atoms with Crippen LogP contribution in [0, 0.1) is 0 Å². The number of aliphatic carboxylic acids is 1. The van der Waals surface area contributed by atoms with E-state index in [0.29, 0.717) is 10.0 Å². The predicted octanol–water partition coefficient (Wildman–Crippen LogP) is 2.99. The molecule has 0 bridgehead atoms. The number of amides is 1. The molecule has 1 amide bonds. The first-order valence-electron chi connectivity index (χ1n) is 5.48. The average molecular weight is 354 g/mol. The van der Waals surface area contributed by atoms with Crippen molar-refractivity contribution in [2.45, 2.75) is 19.1 Å². The Kier molecular flexibility index (Phi) is 5.15. The van der Waals surface area contributed by atoms with Crippen molar-refractivity contribution in [3.8, 4) is 0 Å². The number of benzene rings is 1.